The molecule has 0 unspecified atom stereocenters. The summed E-state index contributed by atoms with van der Waals surface area (Å²) in [6.45, 7) is 5.06. The molecular weight excluding hydrogens is 562 g/mol. The van der Waals surface area contributed by atoms with E-state index in [9.17, 15) is 4.79 Å². The number of hydrogen-bond donors (Lipinski definition) is 0. The number of hydrogen-bond acceptors (Lipinski definition) is 2. The predicted octanol–water partition coefficient (Wildman–Crippen LogP) is 10.1. The second kappa shape index (κ2) is 35.6. The van der Waals surface area contributed by atoms with Crippen molar-refractivity contribution in [2.45, 2.75) is 225 Å². The van der Waals surface area contributed by atoms with Gasteiger partial charge in [-0.15, -0.1) is 0 Å². The van der Waals surface area contributed by atoms with Crippen molar-refractivity contribution < 1.29 is 26.4 Å². The third-order valence-electron chi connectivity index (χ3n) is 9.16. The number of nitrogens with zero attached hydrogens (tertiary/aromatic N) is 1. The molecule has 0 saturated heterocycles. The molecule has 0 aliphatic carbocycles. The lowest BCUT2D eigenvalue weighted by molar-refractivity contribution is -0.862. The highest BCUT2D eigenvalue weighted by molar-refractivity contribution is 5.70. The summed E-state index contributed by atoms with van der Waals surface area (Å²) in [5.74, 6) is -0.0144. The van der Waals surface area contributed by atoms with Gasteiger partial charge >= 0.3 is 5.97 Å². The number of ether oxygens (including phenoxy) is 1. The normalized spacial score (nSPS) is 11.7. The topological polar surface area (TPSA) is 26.3 Å². The summed E-state index contributed by atoms with van der Waals surface area (Å²) in [7, 11) is 6.21. The molecule has 0 aliphatic heterocycles. The number of rotatable bonds is 35. The molecule has 0 aliphatic rings. The maximum atomic E-state index is 12.6. The van der Waals surface area contributed by atoms with E-state index in [2.05, 4.69) is 35.0 Å². The second-order valence-corrected chi connectivity index (χ2v) is 15.0. The predicted molar refractivity (Wildman–Crippen MR) is 192 cm³/mol. The Labute approximate surface area is 284 Å². The minimum atomic E-state index is -0.0144. The lowest BCUT2D eigenvalue weighted by atomic mass is 10.0. The number of unbranched alkanes of at least 4 members (excludes halogenated alkanes) is 28. The van der Waals surface area contributed by atoms with Gasteiger partial charge in [0.15, 0.2) is 6.54 Å². The molecule has 266 valence electrons. The largest absolute Gasteiger partial charge is 1.00 e. The Morgan fingerprint density at radius 2 is 0.659 bits per heavy atom. The zero-order chi connectivity index (χ0) is 31.7. The molecule has 0 N–H and O–H groups in total. The number of carbonyl (C=O) groups excluding carboxylic acids is 1. The van der Waals surface area contributed by atoms with E-state index in [-0.39, 0.29) is 24.5 Å². The molecule has 0 saturated carbocycles. The van der Waals surface area contributed by atoms with Crippen LogP contribution in [0.2, 0.25) is 0 Å². The van der Waals surface area contributed by atoms with Crippen molar-refractivity contribution in [1.29, 1.82) is 0 Å². The van der Waals surface area contributed by atoms with Crippen molar-refractivity contribution in [2.75, 3.05) is 27.7 Å². The van der Waals surface area contributed by atoms with Gasteiger partial charge in [0.25, 0.3) is 0 Å². The number of carbonyl (C=O) groups is 1. The molecule has 0 amide bonds. The molecule has 3 nitrogen and oxygen atoms in total. The number of halogens is 1. The first kappa shape index (κ1) is 45.8. The quantitative estimate of drug-likeness (QED) is 0.0390. The molecular formula is C40H82ClNO2. The maximum absolute atomic E-state index is 12.6. The summed E-state index contributed by atoms with van der Waals surface area (Å²) >= 11 is 0. The highest BCUT2D eigenvalue weighted by Crippen LogP contribution is 2.19. The van der Waals surface area contributed by atoms with Crippen molar-refractivity contribution >= 4 is 5.97 Å². The van der Waals surface area contributed by atoms with Crippen LogP contribution < -0.4 is 12.4 Å². The van der Waals surface area contributed by atoms with Crippen LogP contribution in [-0.2, 0) is 9.53 Å². The van der Waals surface area contributed by atoms with Gasteiger partial charge in [-0.1, -0.05) is 194 Å². The second-order valence-electron chi connectivity index (χ2n) is 15.0. The van der Waals surface area contributed by atoms with E-state index >= 15 is 0 Å². The minimum Gasteiger partial charge on any atom is -1.00 e. The van der Waals surface area contributed by atoms with Crippen LogP contribution >= 0.6 is 0 Å². The molecule has 0 heterocycles. The molecule has 44 heavy (non-hydrogen) atoms. The van der Waals surface area contributed by atoms with Gasteiger partial charge in [-0.3, -0.25) is 0 Å². The van der Waals surface area contributed by atoms with Gasteiger partial charge in [0.05, 0.1) is 21.1 Å². The van der Waals surface area contributed by atoms with Crippen molar-refractivity contribution in [3.8, 4) is 0 Å². The Morgan fingerprint density at radius 1 is 0.432 bits per heavy atom. The van der Waals surface area contributed by atoms with Crippen molar-refractivity contribution in [2.24, 2.45) is 0 Å². The van der Waals surface area contributed by atoms with Gasteiger partial charge in [-0.05, 0) is 25.7 Å². The first-order chi connectivity index (χ1) is 20.9. The fourth-order valence-corrected chi connectivity index (χ4v) is 6.36. The molecule has 0 rings (SSSR count). The molecule has 0 spiro atoms. The summed E-state index contributed by atoms with van der Waals surface area (Å²) in [5.41, 5.74) is 0. The van der Waals surface area contributed by atoms with E-state index in [1.807, 2.05) is 0 Å². The highest BCUT2D eigenvalue weighted by Gasteiger charge is 2.20. The van der Waals surface area contributed by atoms with Crippen molar-refractivity contribution in [3.05, 3.63) is 0 Å². The maximum Gasteiger partial charge on any atom is 0.362 e. The lowest BCUT2D eigenvalue weighted by Crippen LogP contribution is -3.00. The van der Waals surface area contributed by atoms with Crippen LogP contribution in [0.5, 0.6) is 0 Å². The van der Waals surface area contributed by atoms with Crippen LogP contribution in [0.1, 0.15) is 219 Å². The fourth-order valence-electron chi connectivity index (χ4n) is 6.36. The Hall–Kier alpha value is -0.280. The van der Waals surface area contributed by atoms with E-state index in [1.165, 1.54) is 193 Å². The first-order valence-corrected chi connectivity index (χ1v) is 19.9. The van der Waals surface area contributed by atoms with Crippen molar-refractivity contribution in [1.82, 2.24) is 0 Å². The molecule has 0 atom stereocenters. The SMILES string of the molecule is CCCCCCCCCCCCCCCCCC(CCCCCCCCCCCCCCCCC)OC(=O)C[N+](C)(C)C.[Cl-]. The zero-order valence-electron chi connectivity index (χ0n) is 31.1. The molecule has 0 aromatic rings. The molecule has 0 radical (unpaired) electrons. The molecule has 0 aromatic heterocycles. The number of likely N-dealkylation sites (N-methyl/N-ethyl adjacent to an activating group) is 1. The lowest BCUT2D eigenvalue weighted by Gasteiger charge is -2.24. The Bertz CT molecular complexity index is 528. The van der Waals surface area contributed by atoms with Gasteiger partial charge in [0.2, 0.25) is 0 Å². The number of quaternary nitrogens is 1. The van der Waals surface area contributed by atoms with E-state index in [4.69, 9.17) is 4.74 Å². The third-order valence-corrected chi connectivity index (χ3v) is 9.16. The average molecular weight is 645 g/mol. The van der Waals surface area contributed by atoms with E-state index in [0.29, 0.717) is 11.0 Å². The van der Waals surface area contributed by atoms with Gasteiger partial charge in [-0.2, -0.15) is 0 Å². The van der Waals surface area contributed by atoms with Gasteiger partial charge in [0, 0.05) is 0 Å². The Balaban J connectivity index is 0. The smallest absolute Gasteiger partial charge is 0.362 e. The fraction of sp³-hybridized carbons (Fsp3) is 0.975. The minimum absolute atomic E-state index is 0. The average Bonchev–Trinajstić information content (AvgIpc) is 2.96. The molecule has 0 bridgehead atoms. The van der Waals surface area contributed by atoms with Crippen LogP contribution in [-0.4, -0.2) is 44.2 Å². The molecule has 4 heteroatoms. The van der Waals surface area contributed by atoms with Gasteiger partial charge in [-0.25, -0.2) is 4.79 Å². The first-order valence-electron chi connectivity index (χ1n) is 19.9. The summed E-state index contributed by atoms with van der Waals surface area (Å²) < 4.78 is 6.65. The third kappa shape index (κ3) is 37.9. The van der Waals surface area contributed by atoms with Crippen molar-refractivity contribution in [3.63, 3.8) is 0 Å². The highest BCUT2D eigenvalue weighted by atomic mass is 35.5. The Morgan fingerprint density at radius 3 is 0.886 bits per heavy atom. The summed E-state index contributed by atoms with van der Waals surface area (Å²) in [4.78, 5) is 12.6. The monoisotopic (exact) mass is 644 g/mol. The van der Waals surface area contributed by atoms with Crippen LogP contribution in [0.25, 0.3) is 0 Å². The van der Waals surface area contributed by atoms with E-state index < -0.39 is 0 Å². The Kier molecular flexibility index (Phi) is 37.1. The summed E-state index contributed by atoms with van der Waals surface area (Å²) in [6.07, 6.45) is 44.0. The zero-order valence-corrected chi connectivity index (χ0v) is 31.8. The van der Waals surface area contributed by atoms with Crippen LogP contribution in [0, 0.1) is 0 Å². The summed E-state index contributed by atoms with van der Waals surface area (Å²) in [5, 5.41) is 0. The van der Waals surface area contributed by atoms with E-state index in [1.54, 1.807) is 0 Å². The van der Waals surface area contributed by atoms with Crippen LogP contribution in [0.4, 0.5) is 0 Å². The number of esters is 1. The standard InChI is InChI=1S/C40H82NO2.ClH/c1-6-8-10-12-14-16-18-20-22-24-26-28-30-32-34-36-39(43-40(42)38-41(3,4)5)37-35-33-31-29-27-25-23-21-19-17-15-13-11-9-7-2;/h39H,6-38H2,1-5H3;1H/q+1;/p-1. The molecule has 0 fully saturated rings. The van der Waals surface area contributed by atoms with Gasteiger partial charge < -0.3 is 21.6 Å². The summed E-state index contributed by atoms with van der Waals surface area (Å²) in [6, 6.07) is 0. The van der Waals surface area contributed by atoms with Crippen LogP contribution in [0.15, 0.2) is 0 Å². The van der Waals surface area contributed by atoms with Crippen LogP contribution in [0.3, 0.4) is 0 Å². The molecule has 0 aromatic carbocycles. The van der Waals surface area contributed by atoms with Gasteiger partial charge in [0.1, 0.15) is 6.10 Å². The van der Waals surface area contributed by atoms with E-state index in [0.717, 1.165) is 12.8 Å².